The van der Waals surface area contributed by atoms with E-state index in [2.05, 4.69) is 4.90 Å². The first-order valence-corrected chi connectivity index (χ1v) is 6.47. The summed E-state index contributed by atoms with van der Waals surface area (Å²) in [5.74, 6) is 0.179. The van der Waals surface area contributed by atoms with Crippen molar-refractivity contribution < 1.29 is 9.90 Å². The molecule has 1 saturated heterocycles. The van der Waals surface area contributed by atoms with Crippen LogP contribution in [-0.2, 0) is 0 Å². The molecule has 3 nitrogen and oxygen atoms in total. The highest BCUT2D eigenvalue weighted by atomic mass is 32.1. The van der Waals surface area contributed by atoms with Gasteiger partial charge in [0.25, 0.3) is 0 Å². The number of rotatable bonds is 4. The zero-order valence-corrected chi connectivity index (χ0v) is 10.3. The van der Waals surface area contributed by atoms with Crippen molar-refractivity contribution in [2.45, 2.75) is 25.8 Å². The lowest BCUT2D eigenvalue weighted by molar-refractivity contribution is 0.0892. The standard InChI is InChI=1S/C12H17NO2S/c1-9-4-5-12(16-9)11(15)7-13-6-2-3-10(13)8-14/h4-5,10,14H,2-3,6-8H2,1H3. The first kappa shape index (κ1) is 11.8. The number of carbonyl (C=O) groups excluding carboxylic acids is 1. The molecule has 1 atom stereocenters. The fourth-order valence-electron chi connectivity index (χ4n) is 2.16. The lowest BCUT2D eigenvalue weighted by atomic mass is 10.2. The van der Waals surface area contributed by atoms with Crippen LogP contribution in [0.25, 0.3) is 0 Å². The Kier molecular flexibility index (Phi) is 3.74. The summed E-state index contributed by atoms with van der Waals surface area (Å²) in [6, 6.07) is 4.06. The summed E-state index contributed by atoms with van der Waals surface area (Å²) in [5.41, 5.74) is 0. The molecule has 2 heterocycles. The number of aliphatic hydroxyl groups is 1. The van der Waals surface area contributed by atoms with E-state index in [-0.39, 0.29) is 18.4 Å². The summed E-state index contributed by atoms with van der Waals surface area (Å²) in [5, 5.41) is 9.17. The fourth-order valence-corrected chi connectivity index (χ4v) is 2.95. The van der Waals surface area contributed by atoms with Gasteiger partial charge in [0.2, 0.25) is 0 Å². The smallest absolute Gasteiger partial charge is 0.186 e. The zero-order chi connectivity index (χ0) is 11.5. The van der Waals surface area contributed by atoms with E-state index in [1.807, 2.05) is 19.1 Å². The van der Waals surface area contributed by atoms with E-state index in [1.54, 1.807) is 11.3 Å². The van der Waals surface area contributed by atoms with Gasteiger partial charge >= 0.3 is 0 Å². The van der Waals surface area contributed by atoms with Gasteiger partial charge in [-0.05, 0) is 38.4 Å². The molecule has 0 spiro atoms. The average Bonchev–Trinajstić information content (AvgIpc) is 2.86. The molecule has 0 saturated carbocycles. The Hall–Kier alpha value is -0.710. The molecular formula is C12H17NO2S. The van der Waals surface area contributed by atoms with Crippen molar-refractivity contribution in [1.82, 2.24) is 4.90 Å². The predicted molar refractivity (Wildman–Crippen MR) is 65.1 cm³/mol. The van der Waals surface area contributed by atoms with Gasteiger partial charge in [-0.1, -0.05) is 0 Å². The number of hydrogen-bond donors (Lipinski definition) is 1. The maximum Gasteiger partial charge on any atom is 0.186 e. The Labute approximate surface area is 99.7 Å². The van der Waals surface area contributed by atoms with Crippen LogP contribution >= 0.6 is 11.3 Å². The average molecular weight is 239 g/mol. The number of aliphatic hydroxyl groups excluding tert-OH is 1. The van der Waals surface area contributed by atoms with E-state index >= 15 is 0 Å². The molecule has 1 aromatic heterocycles. The van der Waals surface area contributed by atoms with Gasteiger partial charge in [-0.25, -0.2) is 0 Å². The molecule has 1 unspecified atom stereocenters. The number of likely N-dealkylation sites (tertiary alicyclic amines) is 1. The molecule has 0 radical (unpaired) electrons. The highest BCUT2D eigenvalue weighted by molar-refractivity contribution is 7.14. The van der Waals surface area contributed by atoms with Gasteiger partial charge in [0.05, 0.1) is 18.0 Å². The molecule has 2 rings (SSSR count). The van der Waals surface area contributed by atoms with Gasteiger partial charge in [-0.2, -0.15) is 0 Å². The molecule has 88 valence electrons. The molecule has 4 heteroatoms. The van der Waals surface area contributed by atoms with Gasteiger partial charge in [-0.3, -0.25) is 9.69 Å². The number of thiophene rings is 1. The summed E-state index contributed by atoms with van der Waals surface area (Å²) >= 11 is 1.55. The van der Waals surface area contributed by atoms with Crippen LogP contribution in [0.1, 0.15) is 27.4 Å². The number of aryl methyl sites for hydroxylation is 1. The highest BCUT2D eigenvalue weighted by Crippen LogP contribution is 2.20. The van der Waals surface area contributed by atoms with E-state index in [0.29, 0.717) is 6.54 Å². The number of ketones is 1. The van der Waals surface area contributed by atoms with Crippen LogP contribution in [0.2, 0.25) is 0 Å². The van der Waals surface area contributed by atoms with Crippen LogP contribution in [0.3, 0.4) is 0 Å². The van der Waals surface area contributed by atoms with Gasteiger partial charge in [0, 0.05) is 10.9 Å². The van der Waals surface area contributed by atoms with E-state index in [4.69, 9.17) is 0 Å². The Morgan fingerprint density at radius 3 is 3.06 bits per heavy atom. The van der Waals surface area contributed by atoms with E-state index in [1.165, 1.54) is 4.88 Å². The van der Waals surface area contributed by atoms with Crippen molar-refractivity contribution in [2.75, 3.05) is 19.7 Å². The third-order valence-corrected chi connectivity index (χ3v) is 4.11. The molecule has 1 N–H and O–H groups in total. The molecule has 0 bridgehead atoms. The van der Waals surface area contributed by atoms with Crippen LogP contribution in [0, 0.1) is 6.92 Å². The Bertz CT molecular complexity index is 375. The lowest BCUT2D eigenvalue weighted by Crippen LogP contribution is -2.36. The molecule has 1 fully saturated rings. The molecule has 0 amide bonds. The topological polar surface area (TPSA) is 40.5 Å². The van der Waals surface area contributed by atoms with Gasteiger partial charge < -0.3 is 5.11 Å². The summed E-state index contributed by atoms with van der Waals surface area (Å²) < 4.78 is 0. The summed E-state index contributed by atoms with van der Waals surface area (Å²) in [6.07, 6.45) is 2.09. The Morgan fingerprint density at radius 1 is 1.62 bits per heavy atom. The van der Waals surface area contributed by atoms with Gasteiger partial charge in [-0.15, -0.1) is 11.3 Å². The lowest BCUT2D eigenvalue weighted by Gasteiger charge is -2.21. The third-order valence-electron chi connectivity index (χ3n) is 3.07. The van der Waals surface area contributed by atoms with Crippen molar-refractivity contribution in [3.05, 3.63) is 21.9 Å². The van der Waals surface area contributed by atoms with Crippen LogP contribution in [0.4, 0.5) is 0 Å². The molecular weight excluding hydrogens is 222 g/mol. The molecule has 1 aromatic rings. The van der Waals surface area contributed by atoms with Crippen molar-refractivity contribution in [3.8, 4) is 0 Å². The van der Waals surface area contributed by atoms with Gasteiger partial charge in [0.15, 0.2) is 5.78 Å². The van der Waals surface area contributed by atoms with E-state index in [0.717, 1.165) is 24.3 Å². The second-order valence-electron chi connectivity index (χ2n) is 4.28. The number of carbonyl (C=O) groups is 1. The highest BCUT2D eigenvalue weighted by Gasteiger charge is 2.25. The van der Waals surface area contributed by atoms with Crippen molar-refractivity contribution >= 4 is 17.1 Å². The Balaban J connectivity index is 1.97. The van der Waals surface area contributed by atoms with Crippen molar-refractivity contribution in [3.63, 3.8) is 0 Å². The number of hydrogen-bond acceptors (Lipinski definition) is 4. The van der Waals surface area contributed by atoms with Gasteiger partial charge in [0.1, 0.15) is 0 Å². The quantitative estimate of drug-likeness (QED) is 0.813. The number of Topliss-reactive ketones (excluding diaryl/α,β-unsaturated/α-hetero) is 1. The van der Waals surface area contributed by atoms with Crippen LogP contribution < -0.4 is 0 Å². The molecule has 0 aromatic carbocycles. The summed E-state index contributed by atoms with van der Waals surface area (Å²) in [4.78, 5) is 16.1. The number of nitrogens with zero attached hydrogens (tertiary/aromatic N) is 1. The van der Waals surface area contributed by atoms with Crippen LogP contribution in [0.15, 0.2) is 12.1 Å². The predicted octanol–water partition coefficient (Wildman–Crippen LogP) is 1.70. The normalized spacial score (nSPS) is 21.5. The molecule has 1 aliphatic rings. The largest absolute Gasteiger partial charge is 0.395 e. The first-order chi connectivity index (χ1) is 7.70. The molecule has 1 aliphatic heterocycles. The third kappa shape index (κ3) is 2.51. The first-order valence-electron chi connectivity index (χ1n) is 5.65. The molecule has 16 heavy (non-hydrogen) atoms. The Morgan fingerprint density at radius 2 is 2.44 bits per heavy atom. The zero-order valence-electron chi connectivity index (χ0n) is 9.48. The van der Waals surface area contributed by atoms with E-state index in [9.17, 15) is 9.90 Å². The second kappa shape index (κ2) is 5.08. The maximum absolute atomic E-state index is 12.0. The minimum absolute atomic E-state index is 0.163. The van der Waals surface area contributed by atoms with Crippen molar-refractivity contribution in [1.29, 1.82) is 0 Å². The SMILES string of the molecule is Cc1ccc(C(=O)CN2CCCC2CO)s1. The summed E-state index contributed by atoms with van der Waals surface area (Å²) in [6.45, 7) is 3.55. The van der Waals surface area contributed by atoms with E-state index < -0.39 is 0 Å². The van der Waals surface area contributed by atoms with Crippen molar-refractivity contribution in [2.24, 2.45) is 0 Å². The minimum atomic E-state index is 0.163. The monoisotopic (exact) mass is 239 g/mol. The van der Waals surface area contributed by atoms with Crippen LogP contribution in [-0.4, -0.2) is 41.5 Å². The van der Waals surface area contributed by atoms with Crippen LogP contribution in [0.5, 0.6) is 0 Å². The fraction of sp³-hybridized carbons (Fsp3) is 0.583. The minimum Gasteiger partial charge on any atom is -0.395 e. The maximum atomic E-state index is 12.0. The summed E-state index contributed by atoms with van der Waals surface area (Å²) in [7, 11) is 0. The molecule has 0 aliphatic carbocycles. The second-order valence-corrected chi connectivity index (χ2v) is 5.57.